The van der Waals surface area contributed by atoms with E-state index in [0.29, 0.717) is 37.9 Å². The van der Waals surface area contributed by atoms with Crippen LogP contribution >= 0.6 is 0 Å². The smallest absolute Gasteiger partial charge is 0.253 e. The molecule has 158 valence electrons. The van der Waals surface area contributed by atoms with Gasteiger partial charge in [0.2, 0.25) is 11.8 Å². The third-order valence-corrected chi connectivity index (χ3v) is 5.18. The molecule has 30 heavy (non-hydrogen) atoms. The van der Waals surface area contributed by atoms with Crippen LogP contribution in [0.1, 0.15) is 35.7 Å². The number of amides is 3. The van der Waals surface area contributed by atoms with Crippen molar-refractivity contribution in [3.8, 4) is 0 Å². The fourth-order valence-electron chi connectivity index (χ4n) is 3.64. The molecule has 0 saturated carbocycles. The van der Waals surface area contributed by atoms with Crippen molar-refractivity contribution in [2.45, 2.75) is 38.3 Å². The number of carbonyl (C=O) groups excluding carboxylic acids is 3. The molecule has 6 nitrogen and oxygen atoms in total. The maximum Gasteiger partial charge on any atom is 0.253 e. The first-order chi connectivity index (χ1) is 14.4. The van der Waals surface area contributed by atoms with E-state index in [1.807, 2.05) is 30.3 Å². The molecule has 0 bridgehead atoms. The van der Waals surface area contributed by atoms with Gasteiger partial charge in [-0.05, 0) is 36.6 Å². The zero-order chi connectivity index (χ0) is 21.5. The van der Waals surface area contributed by atoms with Crippen molar-refractivity contribution in [2.75, 3.05) is 13.1 Å². The van der Waals surface area contributed by atoms with E-state index in [4.69, 9.17) is 0 Å². The molecule has 1 saturated heterocycles. The van der Waals surface area contributed by atoms with E-state index >= 15 is 0 Å². The highest BCUT2D eigenvalue weighted by molar-refractivity contribution is 5.94. The summed E-state index contributed by atoms with van der Waals surface area (Å²) >= 11 is 0. The second-order valence-corrected chi connectivity index (χ2v) is 7.53. The Morgan fingerprint density at radius 1 is 1.07 bits per heavy atom. The van der Waals surface area contributed by atoms with E-state index < -0.39 is 11.9 Å². The average molecular weight is 411 g/mol. The third-order valence-electron chi connectivity index (χ3n) is 5.18. The molecule has 1 fully saturated rings. The van der Waals surface area contributed by atoms with Crippen LogP contribution in [0, 0.1) is 5.82 Å². The molecule has 1 atom stereocenters. The van der Waals surface area contributed by atoms with Crippen LogP contribution < -0.4 is 10.6 Å². The number of piperidine rings is 1. The van der Waals surface area contributed by atoms with Crippen LogP contribution in [0.5, 0.6) is 0 Å². The Balaban J connectivity index is 1.55. The second kappa shape index (κ2) is 10.0. The van der Waals surface area contributed by atoms with Gasteiger partial charge in [-0.15, -0.1) is 0 Å². The minimum atomic E-state index is -0.656. The molecule has 0 radical (unpaired) electrons. The molecule has 1 aliphatic heterocycles. The zero-order valence-corrected chi connectivity index (χ0v) is 16.9. The summed E-state index contributed by atoms with van der Waals surface area (Å²) in [6.07, 6.45) is 1.61. The fourth-order valence-corrected chi connectivity index (χ4v) is 3.64. The number of hydrogen-bond acceptors (Lipinski definition) is 3. The standard InChI is InChI=1S/C23H26FN3O3/c1-16(28)25-21(14-17-6-3-2-4-7-17)22(29)26-20-10-12-27(13-11-20)23(30)18-8-5-9-19(24)15-18/h2-9,15,20-21H,10-14H2,1H3,(H,25,28)(H,26,29)/t21-/m1/s1. The maximum absolute atomic E-state index is 13.4. The van der Waals surface area contributed by atoms with Crippen molar-refractivity contribution in [1.29, 1.82) is 0 Å². The first-order valence-electron chi connectivity index (χ1n) is 10.1. The topological polar surface area (TPSA) is 78.5 Å². The largest absolute Gasteiger partial charge is 0.351 e. The molecule has 1 heterocycles. The Bertz CT molecular complexity index is 896. The van der Waals surface area contributed by atoms with Gasteiger partial charge in [0, 0.05) is 38.0 Å². The lowest BCUT2D eigenvalue weighted by Gasteiger charge is -2.33. The number of hydrogen-bond donors (Lipinski definition) is 2. The van der Waals surface area contributed by atoms with Gasteiger partial charge >= 0.3 is 0 Å². The van der Waals surface area contributed by atoms with Gasteiger partial charge in [-0.2, -0.15) is 0 Å². The van der Waals surface area contributed by atoms with E-state index in [1.165, 1.54) is 25.1 Å². The summed E-state index contributed by atoms with van der Waals surface area (Å²) in [5.41, 5.74) is 1.29. The number of benzene rings is 2. The van der Waals surface area contributed by atoms with E-state index in [2.05, 4.69) is 10.6 Å². The van der Waals surface area contributed by atoms with E-state index in [0.717, 1.165) is 5.56 Å². The predicted molar refractivity (Wildman–Crippen MR) is 111 cm³/mol. The normalized spacial score (nSPS) is 15.3. The number of likely N-dealkylation sites (tertiary alicyclic amines) is 1. The number of nitrogens with one attached hydrogen (secondary N) is 2. The third kappa shape index (κ3) is 5.89. The minimum absolute atomic E-state index is 0.0823. The Labute approximate surface area is 175 Å². The molecular formula is C23H26FN3O3. The molecule has 0 unspecified atom stereocenters. The number of carbonyl (C=O) groups is 3. The second-order valence-electron chi connectivity index (χ2n) is 7.53. The SMILES string of the molecule is CC(=O)N[C@H](Cc1ccccc1)C(=O)NC1CCN(C(=O)c2cccc(F)c2)CC1. The van der Waals surface area contributed by atoms with Gasteiger partial charge in [-0.3, -0.25) is 14.4 Å². The van der Waals surface area contributed by atoms with Crippen molar-refractivity contribution in [1.82, 2.24) is 15.5 Å². The Kier molecular flexibility index (Phi) is 7.17. The average Bonchev–Trinajstić information content (AvgIpc) is 2.74. The van der Waals surface area contributed by atoms with Gasteiger partial charge in [0.05, 0.1) is 0 Å². The minimum Gasteiger partial charge on any atom is -0.351 e. The van der Waals surface area contributed by atoms with Crippen LogP contribution in [0.4, 0.5) is 4.39 Å². The molecule has 2 N–H and O–H groups in total. The molecule has 0 aromatic heterocycles. The molecule has 3 rings (SSSR count). The van der Waals surface area contributed by atoms with Crippen molar-refractivity contribution in [3.63, 3.8) is 0 Å². The van der Waals surface area contributed by atoms with E-state index in [-0.39, 0.29) is 23.8 Å². The summed E-state index contributed by atoms with van der Waals surface area (Å²) in [6.45, 7) is 2.34. The van der Waals surface area contributed by atoms with Crippen LogP contribution in [0.2, 0.25) is 0 Å². The molecule has 7 heteroatoms. The zero-order valence-electron chi connectivity index (χ0n) is 16.9. The lowest BCUT2D eigenvalue weighted by molar-refractivity contribution is -0.128. The molecular weight excluding hydrogens is 385 g/mol. The van der Waals surface area contributed by atoms with Crippen LogP contribution in [0.15, 0.2) is 54.6 Å². The summed E-state index contributed by atoms with van der Waals surface area (Å²) in [5, 5.41) is 5.72. The maximum atomic E-state index is 13.4. The molecule has 2 aromatic carbocycles. The number of halogens is 1. The highest BCUT2D eigenvalue weighted by atomic mass is 19.1. The fraction of sp³-hybridized carbons (Fsp3) is 0.348. The lowest BCUT2D eigenvalue weighted by Crippen LogP contribution is -2.53. The highest BCUT2D eigenvalue weighted by Crippen LogP contribution is 2.15. The lowest BCUT2D eigenvalue weighted by atomic mass is 10.0. The number of nitrogens with zero attached hydrogens (tertiary/aromatic N) is 1. The van der Waals surface area contributed by atoms with Crippen molar-refractivity contribution < 1.29 is 18.8 Å². The van der Waals surface area contributed by atoms with E-state index in [1.54, 1.807) is 11.0 Å². The summed E-state index contributed by atoms with van der Waals surface area (Å²) in [7, 11) is 0. The monoisotopic (exact) mass is 411 g/mol. The van der Waals surface area contributed by atoms with Gasteiger partial charge in [0.1, 0.15) is 11.9 Å². The van der Waals surface area contributed by atoms with Gasteiger partial charge < -0.3 is 15.5 Å². The van der Waals surface area contributed by atoms with Crippen molar-refractivity contribution in [2.24, 2.45) is 0 Å². The molecule has 1 aliphatic rings. The molecule has 3 amide bonds. The molecule has 0 aliphatic carbocycles. The predicted octanol–water partition coefficient (Wildman–Crippen LogP) is 2.29. The summed E-state index contributed by atoms with van der Waals surface area (Å²) in [5.74, 6) is -1.14. The van der Waals surface area contributed by atoms with Crippen LogP contribution in [-0.2, 0) is 16.0 Å². The van der Waals surface area contributed by atoms with Crippen LogP contribution in [0.25, 0.3) is 0 Å². The molecule has 0 spiro atoms. The van der Waals surface area contributed by atoms with Crippen molar-refractivity contribution in [3.05, 3.63) is 71.5 Å². The Hall–Kier alpha value is -3.22. The summed E-state index contributed by atoms with van der Waals surface area (Å²) in [6, 6.07) is 14.4. The first-order valence-corrected chi connectivity index (χ1v) is 10.1. The molecule has 2 aromatic rings. The first kappa shape index (κ1) is 21.5. The highest BCUT2D eigenvalue weighted by Gasteiger charge is 2.27. The summed E-state index contributed by atoms with van der Waals surface area (Å²) < 4.78 is 13.4. The van der Waals surface area contributed by atoms with Gasteiger partial charge in [0.15, 0.2) is 0 Å². The number of rotatable bonds is 6. The van der Waals surface area contributed by atoms with Crippen molar-refractivity contribution >= 4 is 17.7 Å². The Morgan fingerprint density at radius 2 is 1.77 bits per heavy atom. The van der Waals surface area contributed by atoms with E-state index in [9.17, 15) is 18.8 Å². The summed E-state index contributed by atoms with van der Waals surface area (Å²) in [4.78, 5) is 38.5. The van der Waals surface area contributed by atoms with Gasteiger partial charge in [-0.1, -0.05) is 36.4 Å². The van der Waals surface area contributed by atoms with Crippen LogP contribution in [0.3, 0.4) is 0 Å². The quantitative estimate of drug-likeness (QED) is 0.766. The Morgan fingerprint density at radius 3 is 2.40 bits per heavy atom. The van der Waals surface area contributed by atoms with Gasteiger partial charge in [0.25, 0.3) is 5.91 Å². The van der Waals surface area contributed by atoms with Gasteiger partial charge in [-0.25, -0.2) is 4.39 Å². The van der Waals surface area contributed by atoms with Crippen LogP contribution in [-0.4, -0.2) is 47.8 Å².